The maximum Gasteiger partial charge on any atom is 0.264 e. The molecule has 8 nitrogen and oxygen atoms in total. The van der Waals surface area contributed by atoms with Crippen LogP contribution in [0.25, 0.3) is 0 Å². The Morgan fingerprint density at radius 2 is 1.51 bits per heavy atom. The van der Waals surface area contributed by atoms with E-state index in [1.807, 2.05) is 37.3 Å². The summed E-state index contributed by atoms with van der Waals surface area (Å²) in [5.74, 6) is -1.09. The number of nitrogens with zero attached hydrogens (tertiary/aromatic N) is 2. The Labute approximate surface area is 268 Å². The second-order valence-corrected chi connectivity index (χ2v) is 12.4. The quantitative estimate of drug-likeness (QED) is 0.185. The highest BCUT2D eigenvalue weighted by atomic mass is 35.5. The van der Waals surface area contributed by atoms with Crippen LogP contribution in [-0.4, -0.2) is 50.9 Å². The molecule has 4 aromatic rings. The fourth-order valence-corrected chi connectivity index (χ4v) is 6.31. The average molecular weight is 652 g/mol. The van der Waals surface area contributed by atoms with E-state index in [0.29, 0.717) is 29.5 Å². The molecule has 0 aliphatic carbocycles. The number of halogens is 2. The number of anilines is 1. The number of ether oxygens (including phenoxy) is 1. The summed E-state index contributed by atoms with van der Waals surface area (Å²) in [5.41, 5.74) is 1.60. The predicted molar refractivity (Wildman–Crippen MR) is 173 cm³/mol. The Balaban J connectivity index is 1.77. The lowest BCUT2D eigenvalue weighted by atomic mass is 10.0. The molecule has 0 heterocycles. The van der Waals surface area contributed by atoms with Crippen molar-refractivity contribution in [3.63, 3.8) is 0 Å². The molecule has 0 fully saturated rings. The molecule has 0 spiro atoms. The molecule has 236 valence electrons. The lowest BCUT2D eigenvalue weighted by molar-refractivity contribution is -0.140. The Bertz CT molecular complexity index is 1670. The van der Waals surface area contributed by atoms with Crippen LogP contribution in [0.5, 0.6) is 5.75 Å². The molecule has 0 radical (unpaired) electrons. The van der Waals surface area contributed by atoms with E-state index in [4.69, 9.17) is 16.3 Å². The highest BCUT2D eigenvalue weighted by Gasteiger charge is 2.34. The van der Waals surface area contributed by atoms with Gasteiger partial charge in [-0.05, 0) is 85.6 Å². The number of likely N-dealkylation sites (N-methyl/N-ethyl adjacent to an activating group) is 1. The molecule has 0 aliphatic rings. The van der Waals surface area contributed by atoms with Gasteiger partial charge in [-0.2, -0.15) is 0 Å². The van der Waals surface area contributed by atoms with Gasteiger partial charge in [-0.1, -0.05) is 54.1 Å². The first-order valence-corrected chi connectivity index (χ1v) is 16.3. The first kappa shape index (κ1) is 33.5. The van der Waals surface area contributed by atoms with E-state index in [-0.39, 0.29) is 29.5 Å². The van der Waals surface area contributed by atoms with Gasteiger partial charge in [0.2, 0.25) is 11.8 Å². The van der Waals surface area contributed by atoms with Crippen LogP contribution in [0.2, 0.25) is 5.02 Å². The zero-order valence-corrected chi connectivity index (χ0v) is 26.6. The second kappa shape index (κ2) is 15.5. The van der Waals surface area contributed by atoms with Crippen LogP contribution in [0.1, 0.15) is 25.0 Å². The maximum absolute atomic E-state index is 14.3. The Morgan fingerprint density at radius 1 is 0.867 bits per heavy atom. The van der Waals surface area contributed by atoms with Crippen molar-refractivity contribution in [3.8, 4) is 5.75 Å². The van der Waals surface area contributed by atoms with Crippen LogP contribution >= 0.6 is 11.6 Å². The van der Waals surface area contributed by atoms with Gasteiger partial charge in [0.05, 0.1) is 17.2 Å². The van der Waals surface area contributed by atoms with E-state index in [9.17, 15) is 22.4 Å². The number of nitrogens with one attached hydrogen (secondary N) is 1. The molecule has 0 saturated carbocycles. The monoisotopic (exact) mass is 651 g/mol. The number of carbonyl (C=O) groups is 2. The van der Waals surface area contributed by atoms with E-state index in [1.165, 1.54) is 41.3 Å². The third-order valence-corrected chi connectivity index (χ3v) is 9.04. The number of carbonyl (C=O) groups excluding carboxylic acids is 2. The minimum atomic E-state index is -4.33. The van der Waals surface area contributed by atoms with Gasteiger partial charge in [0.25, 0.3) is 10.0 Å². The van der Waals surface area contributed by atoms with Crippen LogP contribution in [0, 0.1) is 5.82 Å². The summed E-state index contributed by atoms with van der Waals surface area (Å²) in [5, 5.41) is 3.32. The van der Waals surface area contributed by atoms with E-state index in [1.54, 1.807) is 31.2 Å². The standard InChI is InChI=1S/C34H35ClFN3O5S/c1-3-37-34(41)32(22-25-8-6-5-7-9-25)38(23-26-10-12-27(35)13-11-26)33(40)24-39(29-16-14-28(36)15-17-29)45(42,43)31-20-18-30(19-21-31)44-4-2/h5-21,32H,3-4,22-24H2,1-2H3,(H,37,41)/t32-/m1/s1. The zero-order valence-electron chi connectivity index (χ0n) is 25.0. The second-order valence-electron chi connectivity index (χ2n) is 10.1. The topological polar surface area (TPSA) is 96.0 Å². The molecular weight excluding hydrogens is 617 g/mol. The van der Waals surface area contributed by atoms with Gasteiger partial charge in [-0.3, -0.25) is 13.9 Å². The number of sulfonamides is 1. The average Bonchev–Trinajstić information content (AvgIpc) is 3.04. The zero-order chi connectivity index (χ0) is 32.4. The summed E-state index contributed by atoms with van der Waals surface area (Å²) < 4.78 is 48.4. The highest BCUT2D eigenvalue weighted by molar-refractivity contribution is 7.92. The van der Waals surface area contributed by atoms with E-state index >= 15 is 0 Å². The number of benzene rings is 4. The van der Waals surface area contributed by atoms with Crippen molar-refractivity contribution in [2.24, 2.45) is 0 Å². The largest absolute Gasteiger partial charge is 0.494 e. The minimum Gasteiger partial charge on any atom is -0.494 e. The smallest absolute Gasteiger partial charge is 0.264 e. The molecule has 0 aromatic heterocycles. The molecule has 0 unspecified atom stereocenters. The molecule has 4 rings (SSSR count). The fourth-order valence-electron chi connectivity index (χ4n) is 4.77. The first-order valence-electron chi connectivity index (χ1n) is 14.5. The molecule has 1 atom stereocenters. The van der Waals surface area contributed by atoms with Gasteiger partial charge >= 0.3 is 0 Å². The highest BCUT2D eigenvalue weighted by Crippen LogP contribution is 2.27. The Hall–Kier alpha value is -4.41. The lowest BCUT2D eigenvalue weighted by Crippen LogP contribution is -2.53. The van der Waals surface area contributed by atoms with Crippen molar-refractivity contribution < 1.29 is 27.1 Å². The molecule has 1 N–H and O–H groups in total. The van der Waals surface area contributed by atoms with Crippen molar-refractivity contribution >= 4 is 39.1 Å². The minimum absolute atomic E-state index is 0.00496. The third kappa shape index (κ3) is 8.83. The van der Waals surface area contributed by atoms with E-state index in [2.05, 4.69) is 5.32 Å². The van der Waals surface area contributed by atoms with Crippen LogP contribution < -0.4 is 14.4 Å². The molecule has 0 aliphatic heterocycles. The van der Waals surface area contributed by atoms with Crippen molar-refractivity contribution in [1.82, 2.24) is 10.2 Å². The van der Waals surface area contributed by atoms with Crippen LogP contribution in [0.3, 0.4) is 0 Å². The van der Waals surface area contributed by atoms with Crippen LogP contribution in [-0.2, 0) is 32.6 Å². The van der Waals surface area contributed by atoms with Crippen LogP contribution in [0.15, 0.2) is 108 Å². The van der Waals surface area contributed by atoms with Gasteiger partial charge < -0.3 is 15.0 Å². The molecule has 2 amide bonds. The van der Waals surface area contributed by atoms with Gasteiger partial charge in [-0.25, -0.2) is 12.8 Å². The van der Waals surface area contributed by atoms with Crippen molar-refractivity contribution in [2.75, 3.05) is 24.0 Å². The third-order valence-electron chi connectivity index (χ3n) is 7.00. The van der Waals surface area contributed by atoms with Crippen molar-refractivity contribution in [1.29, 1.82) is 0 Å². The predicted octanol–water partition coefficient (Wildman–Crippen LogP) is 5.85. The summed E-state index contributed by atoms with van der Waals surface area (Å²) in [7, 11) is -4.33. The molecule has 11 heteroatoms. The number of hydrogen-bond donors (Lipinski definition) is 1. The normalized spacial score (nSPS) is 11.8. The molecule has 45 heavy (non-hydrogen) atoms. The van der Waals surface area contributed by atoms with E-state index in [0.717, 1.165) is 22.0 Å². The molecular formula is C34H35ClFN3O5S. The number of amides is 2. The fraction of sp³-hybridized carbons (Fsp3) is 0.235. The maximum atomic E-state index is 14.3. The van der Waals surface area contributed by atoms with Gasteiger partial charge in [0, 0.05) is 24.5 Å². The van der Waals surface area contributed by atoms with Gasteiger partial charge in [0.15, 0.2) is 0 Å². The summed E-state index contributed by atoms with van der Waals surface area (Å²) in [6.07, 6.45) is 0.189. The molecule has 4 aromatic carbocycles. The summed E-state index contributed by atoms with van der Waals surface area (Å²) in [6.45, 7) is 3.68. The Kier molecular flexibility index (Phi) is 11.6. The summed E-state index contributed by atoms with van der Waals surface area (Å²) in [6, 6.07) is 25.8. The van der Waals surface area contributed by atoms with E-state index < -0.39 is 34.3 Å². The summed E-state index contributed by atoms with van der Waals surface area (Å²) >= 11 is 6.10. The molecule has 0 saturated heterocycles. The van der Waals surface area contributed by atoms with Crippen LogP contribution in [0.4, 0.5) is 10.1 Å². The summed E-state index contributed by atoms with van der Waals surface area (Å²) in [4.78, 5) is 29.2. The van der Waals surface area contributed by atoms with Gasteiger partial charge in [0.1, 0.15) is 24.2 Å². The number of hydrogen-bond acceptors (Lipinski definition) is 5. The Morgan fingerprint density at radius 3 is 2.11 bits per heavy atom. The van der Waals surface area contributed by atoms with Gasteiger partial charge in [-0.15, -0.1) is 0 Å². The first-order chi connectivity index (χ1) is 21.6. The molecule has 0 bridgehead atoms. The van der Waals surface area contributed by atoms with Crippen molar-refractivity contribution in [3.05, 3.63) is 125 Å². The lowest BCUT2D eigenvalue weighted by Gasteiger charge is -2.33. The number of rotatable bonds is 14. The van der Waals surface area contributed by atoms with Crippen molar-refractivity contribution in [2.45, 2.75) is 37.8 Å². The SMILES string of the molecule is CCNC(=O)[C@@H](Cc1ccccc1)N(Cc1ccc(Cl)cc1)C(=O)CN(c1ccc(F)cc1)S(=O)(=O)c1ccc(OCC)cc1.